The first kappa shape index (κ1) is 12.4. The molecule has 1 aromatic carbocycles. The van der Waals surface area contributed by atoms with Gasteiger partial charge in [-0.3, -0.25) is 0 Å². The highest BCUT2D eigenvalue weighted by atomic mass is 19.4. The van der Waals surface area contributed by atoms with Crippen LogP contribution < -0.4 is 11.1 Å². The second kappa shape index (κ2) is 4.47. The summed E-state index contributed by atoms with van der Waals surface area (Å²) in [6, 6.07) is 3.66. The summed E-state index contributed by atoms with van der Waals surface area (Å²) in [5.41, 5.74) is 5.44. The molecule has 88 valence electrons. The summed E-state index contributed by atoms with van der Waals surface area (Å²) in [5, 5.41) is 2.67. The molecule has 16 heavy (non-hydrogen) atoms. The number of hydrogen-bond acceptors (Lipinski definition) is 2. The van der Waals surface area contributed by atoms with E-state index in [0.29, 0.717) is 6.54 Å². The zero-order valence-electron chi connectivity index (χ0n) is 8.86. The Kier molecular flexibility index (Phi) is 3.47. The molecule has 2 nitrogen and oxygen atoms in total. The van der Waals surface area contributed by atoms with E-state index in [4.69, 9.17) is 5.73 Å². The third-order valence-electron chi connectivity index (χ3n) is 1.93. The van der Waals surface area contributed by atoms with Gasteiger partial charge in [0.1, 0.15) is 0 Å². The van der Waals surface area contributed by atoms with Gasteiger partial charge in [-0.05, 0) is 25.1 Å². The normalized spacial score (nSPS) is 11.2. The molecule has 0 spiro atoms. The van der Waals surface area contributed by atoms with Crippen molar-refractivity contribution in [1.29, 1.82) is 0 Å². The van der Waals surface area contributed by atoms with Gasteiger partial charge in [0, 0.05) is 17.9 Å². The van der Waals surface area contributed by atoms with E-state index in [2.05, 4.69) is 11.9 Å². The van der Waals surface area contributed by atoms with Crippen LogP contribution >= 0.6 is 0 Å². The Morgan fingerprint density at radius 1 is 1.44 bits per heavy atom. The van der Waals surface area contributed by atoms with Crippen LogP contribution in [0, 0.1) is 0 Å². The van der Waals surface area contributed by atoms with Crippen LogP contribution in [0.15, 0.2) is 30.4 Å². The summed E-state index contributed by atoms with van der Waals surface area (Å²) in [4.78, 5) is 0. The maximum absolute atomic E-state index is 12.6. The van der Waals surface area contributed by atoms with Crippen molar-refractivity contribution in [2.24, 2.45) is 0 Å². The van der Waals surface area contributed by atoms with Crippen LogP contribution in [0.4, 0.5) is 24.5 Å². The van der Waals surface area contributed by atoms with E-state index in [1.165, 1.54) is 12.1 Å². The molecule has 0 aromatic heterocycles. The quantitative estimate of drug-likeness (QED) is 0.617. The van der Waals surface area contributed by atoms with E-state index in [0.717, 1.165) is 11.6 Å². The minimum Gasteiger partial charge on any atom is -0.399 e. The predicted molar refractivity (Wildman–Crippen MR) is 59.2 cm³/mol. The molecular formula is C11H13F3N2. The van der Waals surface area contributed by atoms with E-state index in [1.54, 1.807) is 6.92 Å². The van der Waals surface area contributed by atoms with Crippen molar-refractivity contribution in [3.8, 4) is 0 Å². The fraction of sp³-hybridized carbons (Fsp3) is 0.273. The van der Waals surface area contributed by atoms with Crippen LogP contribution in [-0.4, -0.2) is 6.54 Å². The Balaban J connectivity index is 3.03. The lowest BCUT2D eigenvalue weighted by atomic mass is 10.1. The van der Waals surface area contributed by atoms with Crippen LogP contribution in [0.2, 0.25) is 0 Å². The van der Waals surface area contributed by atoms with Gasteiger partial charge < -0.3 is 11.1 Å². The number of nitrogens with one attached hydrogen (secondary N) is 1. The minimum atomic E-state index is -4.41. The molecule has 0 heterocycles. The first-order valence-electron chi connectivity index (χ1n) is 4.65. The highest BCUT2D eigenvalue weighted by molar-refractivity contribution is 5.59. The lowest BCUT2D eigenvalue weighted by molar-refractivity contribution is -0.136. The third-order valence-corrected chi connectivity index (χ3v) is 1.93. The number of nitrogens with two attached hydrogens (primary N) is 1. The Labute approximate surface area is 92.0 Å². The molecule has 0 atom stereocenters. The zero-order valence-corrected chi connectivity index (χ0v) is 8.86. The van der Waals surface area contributed by atoms with E-state index in [-0.39, 0.29) is 11.4 Å². The van der Waals surface area contributed by atoms with Crippen LogP contribution in [0.3, 0.4) is 0 Å². The van der Waals surface area contributed by atoms with E-state index in [9.17, 15) is 13.2 Å². The molecule has 0 aliphatic heterocycles. The molecular weight excluding hydrogens is 217 g/mol. The average Bonchev–Trinajstić information content (AvgIpc) is 2.14. The van der Waals surface area contributed by atoms with E-state index in [1.807, 2.05) is 0 Å². The molecule has 0 saturated carbocycles. The van der Waals surface area contributed by atoms with E-state index < -0.39 is 11.7 Å². The molecule has 0 amide bonds. The van der Waals surface area contributed by atoms with Crippen LogP contribution in [0.5, 0.6) is 0 Å². The van der Waals surface area contributed by atoms with Crippen molar-refractivity contribution in [2.45, 2.75) is 13.1 Å². The number of benzene rings is 1. The summed E-state index contributed by atoms with van der Waals surface area (Å²) < 4.78 is 37.9. The molecule has 0 saturated heterocycles. The van der Waals surface area contributed by atoms with Crippen LogP contribution in [0.25, 0.3) is 0 Å². The fourth-order valence-electron chi connectivity index (χ4n) is 1.20. The Morgan fingerprint density at radius 3 is 2.56 bits per heavy atom. The van der Waals surface area contributed by atoms with E-state index >= 15 is 0 Å². The number of anilines is 2. The lowest BCUT2D eigenvalue weighted by Crippen LogP contribution is -2.12. The molecule has 1 aromatic rings. The fourth-order valence-corrected chi connectivity index (χ4v) is 1.20. The largest absolute Gasteiger partial charge is 0.418 e. The maximum Gasteiger partial charge on any atom is 0.418 e. The highest BCUT2D eigenvalue weighted by Crippen LogP contribution is 2.36. The smallest absolute Gasteiger partial charge is 0.399 e. The Bertz CT molecular complexity index is 397. The standard InChI is InChI=1S/C11H13F3N2/c1-7(2)6-16-10-4-3-8(15)5-9(10)11(12,13)14/h3-5,16H,1,6,15H2,2H3. The van der Waals surface area contributed by atoms with Crippen molar-refractivity contribution in [3.63, 3.8) is 0 Å². The number of hydrogen-bond donors (Lipinski definition) is 2. The van der Waals surface area contributed by atoms with Gasteiger partial charge in [0.25, 0.3) is 0 Å². The summed E-state index contributed by atoms with van der Waals surface area (Å²) in [5.74, 6) is 0. The molecule has 0 fully saturated rings. The number of alkyl halides is 3. The lowest BCUT2D eigenvalue weighted by Gasteiger charge is -2.15. The van der Waals surface area contributed by atoms with Crippen LogP contribution in [-0.2, 0) is 6.18 Å². The SMILES string of the molecule is C=C(C)CNc1ccc(N)cc1C(F)(F)F. The molecule has 0 unspecified atom stereocenters. The first-order chi connectivity index (χ1) is 7.30. The maximum atomic E-state index is 12.6. The van der Waals surface area contributed by atoms with Gasteiger partial charge in [-0.25, -0.2) is 0 Å². The van der Waals surface area contributed by atoms with Crippen molar-refractivity contribution >= 4 is 11.4 Å². The molecule has 5 heteroatoms. The second-order valence-electron chi connectivity index (χ2n) is 3.61. The highest BCUT2D eigenvalue weighted by Gasteiger charge is 2.33. The van der Waals surface area contributed by atoms with Crippen LogP contribution in [0.1, 0.15) is 12.5 Å². The summed E-state index contributed by atoms with van der Waals surface area (Å²) >= 11 is 0. The Hall–Kier alpha value is -1.65. The minimum absolute atomic E-state index is 0.0182. The number of halogens is 3. The van der Waals surface area contributed by atoms with Crippen molar-refractivity contribution in [3.05, 3.63) is 35.9 Å². The topological polar surface area (TPSA) is 38.0 Å². The third kappa shape index (κ3) is 3.18. The van der Waals surface area contributed by atoms with Gasteiger partial charge in [0.15, 0.2) is 0 Å². The van der Waals surface area contributed by atoms with Crippen molar-refractivity contribution < 1.29 is 13.2 Å². The number of rotatable bonds is 3. The zero-order chi connectivity index (χ0) is 12.3. The molecule has 3 N–H and O–H groups in total. The molecule has 0 aliphatic rings. The average molecular weight is 230 g/mol. The molecule has 1 rings (SSSR count). The molecule has 0 aliphatic carbocycles. The first-order valence-corrected chi connectivity index (χ1v) is 4.65. The monoisotopic (exact) mass is 230 g/mol. The Morgan fingerprint density at radius 2 is 2.06 bits per heavy atom. The van der Waals surface area contributed by atoms with Crippen molar-refractivity contribution in [2.75, 3.05) is 17.6 Å². The summed E-state index contributed by atoms with van der Waals surface area (Å²) in [7, 11) is 0. The molecule has 0 radical (unpaired) electrons. The second-order valence-corrected chi connectivity index (χ2v) is 3.61. The van der Waals surface area contributed by atoms with Gasteiger partial charge in [0.2, 0.25) is 0 Å². The number of nitrogen functional groups attached to an aromatic ring is 1. The van der Waals surface area contributed by atoms with Gasteiger partial charge in [0.05, 0.1) is 5.56 Å². The van der Waals surface area contributed by atoms with Gasteiger partial charge >= 0.3 is 6.18 Å². The summed E-state index contributed by atoms with van der Waals surface area (Å²) in [6.45, 7) is 5.64. The van der Waals surface area contributed by atoms with Gasteiger partial charge in [-0.1, -0.05) is 12.2 Å². The summed E-state index contributed by atoms with van der Waals surface area (Å²) in [6.07, 6.45) is -4.41. The van der Waals surface area contributed by atoms with Crippen molar-refractivity contribution in [1.82, 2.24) is 0 Å². The van der Waals surface area contributed by atoms with Gasteiger partial charge in [-0.2, -0.15) is 13.2 Å². The van der Waals surface area contributed by atoms with Gasteiger partial charge in [-0.15, -0.1) is 0 Å². The molecule has 0 bridgehead atoms. The predicted octanol–water partition coefficient (Wildman–Crippen LogP) is 3.28.